The van der Waals surface area contributed by atoms with Crippen LogP contribution in [0, 0.1) is 6.92 Å². The van der Waals surface area contributed by atoms with Crippen LogP contribution in [0.1, 0.15) is 23.1 Å². The van der Waals surface area contributed by atoms with Gasteiger partial charge in [0.05, 0.1) is 7.11 Å². The fourth-order valence-corrected chi connectivity index (χ4v) is 2.54. The number of rotatable bonds is 10. The van der Waals surface area contributed by atoms with Crippen molar-refractivity contribution in [2.45, 2.75) is 26.5 Å². The van der Waals surface area contributed by atoms with E-state index in [-0.39, 0.29) is 0 Å². The molecule has 0 bridgehead atoms. The summed E-state index contributed by atoms with van der Waals surface area (Å²) in [4.78, 5) is 2.20. The standard InChI is InChI=1S/C21H30N2O2/c1-17-6-8-18(9-7-17)16-25-20-11-10-19(14-21(20)24-4)15-22-12-5-13-23(2)3/h6-11,14,22H,5,12-13,15-16H2,1-4H3. The van der Waals surface area contributed by atoms with E-state index in [2.05, 4.69) is 61.6 Å². The van der Waals surface area contributed by atoms with Crippen molar-refractivity contribution in [2.75, 3.05) is 34.3 Å². The molecular formula is C21H30N2O2. The molecule has 2 rings (SSSR count). The van der Waals surface area contributed by atoms with Crippen molar-refractivity contribution in [1.82, 2.24) is 10.2 Å². The lowest BCUT2D eigenvalue weighted by Crippen LogP contribution is -2.21. The molecule has 0 amide bonds. The van der Waals surface area contributed by atoms with Crippen molar-refractivity contribution in [1.29, 1.82) is 0 Å². The largest absolute Gasteiger partial charge is 0.493 e. The highest BCUT2D eigenvalue weighted by Crippen LogP contribution is 2.28. The van der Waals surface area contributed by atoms with E-state index >= 15 is 0 Å². The molecule has 25 heavy (non-hydrogen) atoms. The first kappa shape index (κ1) is 19.3. The summed E-state index contributed by atoms with van der Waals surface area (Å²) >= 11 is 0. The first-order valence-corrected chi connectivity index (χ1v) is 8.79. The Balaban J connectivity index is 1.86. The molecule has 4 nitrogen and oxygen atoms in total. The highest BCUT2D eigenvalue weighted by molar-refractivity contribution is 5.43. The van der Waals surface area contributed by atoms with Gasteiger partial charge in [-0.05, 0) is 63.8 Å². The highest BCUT2D eigenvalue weighted by atomic mass is 16.5. The van der Waals surface area contributed by atoms with Gasteiger partial charge >= 0.3 is 0 Å². The van der Waals surface area contributed by atoms with Gasteiger partial charge in [0.25, 0.3) is 0 Å². The molecule has 0 radical (unpaired) electrons. The Hall–Kier alpha value is -2.04. The Labute approximate surface area is 151 Å². The Bertz CT molecular complexity index is 639. The molecule has 0 saturated carbocycles. The van der Waals surface area contributed by atoms with Crippen LogP contribution in [-0.4, -0.2) is 39.2 Å². The molecular weight excluding hydrogens is 312 g/mol. The number of methoxy groups -OCH3 is 1. The van der Waals surface area contributed by atoms with E-state index < -0.39 is 0 Å². The topological polar surface area (TPSA) is 33.7 Å². The number of benzene rings is 2. The van der Waals surface area contributed by atoms with Crippen molar-refractivity contribution in [3.05, 3.63) is 59.2 Å². The second kappa shape index (κ2) is 10.1. The molecule has 0 aromatic heterocycles. The molecule has 2 aromatic rings. The van der Waals surface area contributed by atoms with Gasteiger partial charge in [-0.3, -0.25) is 0 Å². The van der Waals surface area contributed by atoms with Gasteiger partial charge in [-0.15, -0.1) is 0 Å². The molecule has 0 unspecified atom stereocenters. The van der Waals surface area contributed by atoms with E-state index in [1.165, 1.54) is 11.1 Å². The van der Waals surface area contributed by atoms with Gasteiger partial charge in [-0.2, -0.15) is 0 Å². The lowest BCUT2D eigenvalue weighted by atomic mass is 10.1. The maximum atomic E-state index is 5.93. The van der Waals surface area contributed by atoms with E-state index in [1.54, 1.807) is 7.11 Å². The lowest BCUT2D eigenvalue weighted by molar-refractivity contribution is 0.284. The molecule has 0 aliphatic carbocycles. The van der Waals surface area contributed by atoms with Crippen LogP contribution in [0.4, 0.5) is 0 Å². The predicted octanol–water partition coefficient (Wildman–Crippen LogP) is 3.62. The summed E-state index contributed by atoms with van der Waals surface area (Å²) in [6, 6.07) is 14.5. The van der Waals surface area contributed by atoms with Gasteiger partial charge in [0.15, 0.2) is 11.5 Å². The van der Waals surface area contributed by atoms with Crippen molar-refractivity contribution in [3.63, 3.8) is 0 Å². The lowest BCUT2D eigenvalue weighted by Gasteiger charge is -2.13. The Kier molecular flexibility index (Phi) is 7.76. The van der Waals surface area contributed by atoms with E-state index in [1.807, 2.05) is 12.1 Å². The third-order valence-corrected chi connectivity index (χ3v) is 4.03. The van der Waals surface area contributed by atoms with Gasteiger partial charge in [-0.25, -0.2) is 0 Å². The Morgan fingerprint density at radius 1 is 0.960 bits per heavy atom. The second-order valence-electron chi connectivity index (χ2n) is 6.59. The van der Waals surface area contributed by atoms with Gasteiger partial charge < -0.3 is 19.7 Å². The first-order valence-electron chi connectivity index (χ1n) is 8.79. The first-order chi connectivity index (χ1) is 12.1. The fourth-order valence-electron chi connectivity index (χ4n) is 2.54. The summed E-state index contributed by atoms with van der Waals surface area (Å²) in [6.45, 7) is 5.57. The van der Waals surface area contributed by atoms with Crippen LogP contribution in [0.15, 0.2) is 42.5 Å². The van der Waals surface area contributed by atoms with E-state index in [4.69, 9.17) is 9.47 Å². The van der Waals surface area contributed by atoms with E-state index in [9.17, 15) is 0 Å². The summed E-state index contributed by atoms with van der Waals surface area (Å²) < 4.78 is 11.4. The highest BCUT2D eigenvalue weighted by Gasteiger charge is 2.06. The summed E-state index contributed by atoms with van der Waals surface area (Å²) in [5.41, 5.74) is 3.60. The molecule has 0 aliphatic rings. The van der Waals surface area contributed by atoms with Gasteiger partial charge in [0, 0.05) is 6.54 Å². The molecule has 0 atom stereocenters. The molecule has 136 valence electrons. The Morgan fingerprint density at radius 2 is 1.68 bits per heavy atom. The number of hydrogen-bond donors (Lipinski definition) is 1. The maximum Gasteiger partial charge on any atom is 0.161 e. The molecule has 0 fully saturated rings. The number of nitrogens with one attached hydrogen (secondary N) is 1. The zero-order chi connectivity index (χ0) is 18.1. The molecule has 0 aliphatic heterocycles. The minimum atomic E-state index is 0.540. The van der Waals surface area contributed by atoms with Crippen molar-refractivity contribution in [2.24, 2.45) is 0 Å². The van der Waals surface area contributed by atoms with Crippen LogP contribution in [0.25, 0.3) is 0 Å². The number of nitrogens with zero attached hydrogens (tertiary/aromatic N) is 1. The summed E-state index contributed by atoms with van der Waals surface area (Å²) in [6.07, 6.45) is 1.14. The zero-order valence-corrected chi connectivity index (χ0v) is 15.8. The van der Waals surface area contributed by atoms with Crippen molar-refractivity contribution < 1.29 is 9.47 Å². The van der Waals surface area contributed by atoms with E-state index in [0.29, 0.717) is 6.61 Å². The molecule has 0 heterocycles. The number of aryl methyl sites for hydroxylation is 1. The van der Waals surface area contributed by atoms with E-state index in [0.717, 1.165) is 43.1 Å². The van der Waals surface area contributed by atoms with Crippen molar-refractivity contribution >= 4 is 0 Å². The quantitative estimate of drug-likeness (QED) is 0.669. The average Bonchev–Trinajstić information content (AvgIpc) is 2.61. The summed E-state index contributed by atoms with van der Waals surface area (Å²) in [7, 11) is 5.88. The molecule has 0 saturated heterocycles. The number of hydrogen-bond acceptors (Lipinski definition) is 4. The molecule has 2 aromatic carbocycles. The van der Waals surface area contributed by atoms with Crippen LogP contribution in [-0.2, 0) is 13.2 Å². The minimum Gasteiger partial charge on any atom is -0.493 e. The SMILES string of the molecule is COc1cc(CNCCCN(C)C)ccc1OCc1ccc(C)cc1. The second-order valence-corrected chi connectivity index (χ2v) is 6.59. The third-order valence-electron chi connectivity index (χ3n) is 4.03. The van der Waals surface area contributed by atoms with Crippen molar-refractivity contribution in [3.8, 4) is 11.5 Å². The number of ether oxygens (including phenoxy) is 2. The predicted molar refractivity (Wildman–Crippen MR) is 103 cm³/mol. The average molecular weight is 342 g/mol. The fraction of sp³-hybridized carbons (Fsp3) is 0.429. The Morgan fingerprint density at radius 3 is 2.36 bits per heavy atom. The maximum absolute atomic E-state index is 5.93. The van der Waals surface area contributed by atoms with Gasteiger partial charge in [-0.1, -0.05) is 35.9 Å². The van der Waals surface area contributed by atoms with Crippen LogP contribution >= 0.6 is 0 Å². The summed E-state index contributed by atoms with van der Waals surface area (Å²) in [5, 5.41) is 3.47. The van der Waals surface area contributed by atoms with Gasteiger partial charge in [0.2, 0.25) is 0 Å². The normalized spacial score (nSPS) is 10.9. The van der Waals surface area contributed by atoms with Crippen LogP contribution in [0.3, 0.4) is 0 Å². The zero-order valence-electron chi connectivity index (χ0n) is 15.8. The molecule has 4 heteroatoms. The molecule has 1 N–H and O–H groups in total. The smallest absolute Gasteiger partial charge is 0.161 e. The molecule has 0 spiro atoms. The summed E-state index contributed by atoms with van der Waals surface area (Å²) in [5.74, 6) is 1.55. The van der Waals surface area contributed by atoms with Crippen LogP contribution in [0.5, 0.6) is 11.5 Å². The third kappa shape index (κ3) is 6.77. The minimum absolute atomic E-state index is 0.540. The van der Waals surface area contributed by atoms with Crippen LogP contribution in [0.2, 0.25) is 0 Å². The van der Waals surface area contributed by atoms with Crippen LogP contribution < -0.4 is 14.8 Å². The van der Waals surface area contributed by atoms with Gasteiger partial charge in [0.1, 0.15) is 6.61 Å². The monoisotopic (exact) mass is 342 g/mol.